The lowest BCUT2D eigenvalue weighted by molar-refractivity contribution is 0.605. The molecule has 23 heavy (non-hydrogen) atoms. The molecule has 0 spiro atoms. The number of benzene rings is 1. The zero-order chi connectivity index (χ0) is 16.1. The molecule has 0 aliphatic carbocycles. The molecule has 122 valence electrons. The van der Waals surface area contributed by atoms with Crippen LogP contribution in [0, 0.1) is 6.92 Å². The molecule has 5 heteroatoms. The Labute approximate surface area is 141 Å². The fourth-order valence-electron chi connectivity index (χ4n) is 2.70. The number of unbranched alkanes of at least 4 members (excludes halogenated alkanes) is 5. The Hall–Kier alpha value is -1.75. The van der Waals surface area contributed by atoms with Crippen LogP contribution in [0.5, 0.6) is 0 Å². The van der Waals surface area contributed by atoms with Gasteiger partial charge in [0.05, 0.1) is 0 Å². The SMILES string of the molecule is CCCCCCCCc1nn2c(-c3ccc(C)cc3)nnc2s1. The number of hydrogen-bond donors (Lipinski definition) is 0. The molecule has 0 atom stereocenters. The van der Waals surface area contributed by atoms with E-state index in [4.69, 9.17) is 5.10 Å². The highest BCUT2D eigenvalue weighted by Crippen LogP contribution is 2.23. The highest BCUT2D eigenvalue weighted by atomic mass is 32.1. The molecule has 0 N–H and O–H groups in total. The van der Waals surface area contributed by atoms with Gasteiger partial charge in [0.2, 0.25) is 4.96 Å². The standard InChI is InChI=1S/C18H24N4S/c1-3-4-5-6-7-8-9-16-21-22-17(19-20-18(22)23-16)15-12-10-14(2)11-13-15/h10-13H,3-9H2,1-2H3. The lowest BCUT2D eigenvalue weighted by Gasteiger charge is -1.99. The van der Waals surface area contributed by atoms with Crippen LogP contribution in [0.1, 0.15) is 56.0 Å². The summed E-state index contributed by atoms with van der Waals surface area (Å²) in [5, 5.41) is 14.4. The Kier molecular flexibility index (Phi) is 5.39. The van der Waals surface area contributed by atoms with E-state index in [1.165, 1.54) is 49.1 Å². The maximum absolute atomic E-state index is 4.72. The number of rotatable bonds is 8. The molecule has 0 radical (unpaired) electrons. The number of aromatic nitrogens is 4. The van der Waals surface area contributed by atoms with Crippen molar-refractivity contribution in [1.82, 2.24) is 19.8 Å². The average molecular weight is 328 g/mol. The van der Waals surface area contributed by atoms with E-state index in [1.807, 2.05) is 4.52 Å². The fourth-order valence-corrected chi connectivity index (χ4v) is 3.57. The van der Waals surface area contributed by atoms with Gasteiger partial charge in [-0.25, -0.2) is 0 Å². The van der Waals surface area contributed by atoms with E-state index < -0.39 is 0 Å². The quantitative estimate of drug-likeness (QED) is 0.543. The number of aryl methyl sites for hydroxylation is 2. The van der Waals surface area contributed by atoms with Crippen molar-refractivity contribution in [2.75, 3.05) is 0 Å². The summed E-state index contributed by atoms with van der Waals surface area (Å²) in [5.41, 5.74) is 2.32. The maximum Gasteiger partial charge on any atom is 0.234 e. The summed E-state index contributed by atoms with van der Waals surface area (Å²) in [7, 11) is 0. The molecular weight excluding hydrogens is 304 g/mol. The predicted molar refractivity (Wildman–Crippen MR) is 95.9 cm³/mol. The van der Waals surface area contributed by atoms with Crippen LogP contribution in [0.15, 0.2) is 24.3 Å². The summed E-state index contributed by atoms with van der Waals surface area (Å²) >= 11 is 1.66. The van der Waals surface area contributed by atoms with Crippen molar-refractivity contribution in [2.45, 2.75) is 58.8 Å². The van der Waals surface area contributed by atoms with E-state index in [0.717, 1.165) is 22.8 Å². The first-order chi connectivity index (χ1) is 11.3. The van der Waals surface area contributed by atoms with Crippen molar-refractivity contribution in [2.24, 2.45) is 0 Å². The highest BCUT2D eigenvalue weighted by Gasteiger charge is 2.13. The van der Waals surface area contributed by atoms with Crippen LogP contribution >= 0.6 is 11.3 Å². The predicted octanol–water partition coefficient (Wildman–Crippen LogP) is 5.06. The second-order valence-corrected chi connectivity index (χ2v) is 7.14. The third kappa shape index (κ3) is 3.96. The molecule has 0 aliphatic heterocycles. The van der Waals surface area contributed by atoms with Crippen LogP contribution in [-0.4, -0.2) is 19.8 Å². The van der Waals surface area contributed by atoms with Gasteiger partial charge in [-0.15, -0.1) is 10.2 Å². The molecule has 0 fully saturated rings. The zero-order valence-electron chi connectivity index (χ0n) is 14.0. The van der Waals surface area contributed by atoms with Gasteiger partial charge < -0.3 is 0 Å². The van der Waals surface area contributed by atoms with Gasteiger partial charge in [0.1, 0.15) is 5.01 Å². The van der Waals surface area contributed by atoms with E-state index in [2.05, 4.69) is 48.3 Å². The second kappa shape index (κ2) is 7.68. The van der Waals surface area contributed by atoms with Gasteiger partial charge in [-0.2, -0.15) is 9.61 Å². The molecule has 2 aromatic heterocycles. The van der Waals surface area contributed by atoms with Gasteiger partial charge in [0.15, 0.2) is 5.82 Å². The van der Waals surface area contributed by atoms with E-state index >= 15 is 0 Å². The third-order valence-electron chi connectivity index (χ3n) is 4.09. The molecular formula is C18H24N4S. The van der Waals surface area contributed by atoms with Crippen LogP contribution in [0.4, 0.5) is 0 Å². The Balaban J connectivity index is 1.65. The molecule has 0 bridgehead atoms. The Morgan fingerprint density at radius 2 is 1.70 bits per heavy atom. The lowest BCUT2D eigenvalue weighted by Crippen LogP contribution is -1.93. The van der Waals surface area contributed by atoms with Crippen LogP contribution in [0.3, 0.4) is 0 Å². The van der Waals surface area contributed by atoms with E-state index in [1.54, 1.807) is 11.3 Å². The summed E-state index contributed by atoms with van der Waals surface area (Å²) in [6.07, 6.45) is 8.92. The summed E-state index contributed by atoms with van der Waals surface area (Å²) in [6, 6.07) is 8.36. The van der Waals surface area contributed by atoms with E-state index in [9.17, 15) is 0 Å². The molecule has 2 heterocycles. The molecule has 0 saturated carbocycles. The number of nitrogens with zero attached hydrogens (tertiary/aromatic N) is 4. The Bertz CT molecular complexity index is 742. The minimum absolute atomic E-state index is 0.838. The molecule has 4 nitrogen and oxygen atoms in total. The summed E-state index contributed by atoms with van der Waals surface area (Å²) in [5.74, 6) is 0.838. The average Bonchev–Trinajstić information content (AvgIpc) is 3.12. The Morgan fingerprint density at radius 1 is 0.957 bits per heavy atom. The van der Waals surface area contributed by atoms with Crippen LogP contribution in [-0.2, 0) is 6.42 Å². The maximum atomic E-state index is 4.72. The van der Waals surface area contributed by atoms with Gasteiger partial charge >= 0.3 is 0 Å². The van der Waals surface area contributed by atoms with E-state index in [-0.39, 0.29) is 0 Å². The largest absolute Gasteiger partial charge is 0.234 e. The zero-order valence-corrected chi connectivity index (χ0v) is 14.8. The van der Waals surface area contributed by atoms with Crippen molar-refractivity contribution in [1.29, 1.82) is 0 Å². The van der Waals surface area contributed by atoms with Gasteiger partial charge in [-0.3, -0.25) is 0 Å². The van der Waals surface area contributed by atoms with Crippen molar-refractivity contribution in [3.8, 4) is 11.4 Å². The monoisotopic (exact) mass is 328 g/mol. The highest BCUT2D eigenvalue weighted by molar-refractivity contribution is 7.16. The summed E-state index contributed by atoms with van der Waals surface area (Å²) < 4.78 is 1.89. The second-order valence-electron chi connectivity index (χ2n) is 6.10. The first-order valence-corrected chi connectivity index (χ1v) is 9.37. The molecule has 0 saturated heterocycles. The number of hydrogen-bond acceptors (Lipinski definition) is 4. The normalized spacial score (nSPS) is 11.4. The molecule has 1 aromatic carbocycles. The van der Waals surface area contributed by atoms with Gasteiger partial charge in [-0.1, -0.05) is 80.2 Å². The van der Waals surface area contributed by atoms with E-state index in [0.29, 0.717) is 0 Å². The van der Waals surface area contributed by atoms with Gasteiger partial charge in [0, 0.05) is 12.0 Å². The first kappa shape index (κ1) is 16.1. The summed E-state index contributed by atoms with van der Waals surface area (Å²) in [6.45, 7) is 4.34. The lowest BCUT2D eigenvalue weighted by atomic mass is 10.1. The minimum Gasteiger partial charge on any atom is -0.183 e. The molecule has 0 aliphatic rings. The number of fused-ring (bicyclic) bond motifs is 1. The van der Waals surface area contributed by atoms with Crippen LogP contribution in [0.2, 0.25) is 0 Å². The summed E-state index contributed by atoms with van der Waals surface area (Å²) in [4.78, 5) is 0.890. The molecule has 3 aromatic rings. The van der Waals surface area contributed by atoms with Crippen molar-refractivity contribution >= 4 is 16.3 Å². The molecule has 3 rings (SSSR count). The fraction of sp³-hybridized carbons (Fsp3) is 0.500. The topological polar surface area (TPSA) is 43.1 Å². The smallest absolute Gasteiger partial charge is 0.183 e. The van der Waals surface area contributed by atoms with Gasteiger partial charge in [-0.05, 0) is 13.3 Å². The third-order valence-corrected chi connectivity index (χ3v) is 5.05. The van der Waals surface area contributed by atoms with Crippen LogP contribution in [0.25, 0.3) is 16.3 Å². The van der Waals surface area contributed by atoms with Crippen molar-refractivity contribution in [3.63, 3.8) is 0 Å². The van der Waals surface area contributed by atoms with Crippen LogP contribution < -0.4 is 0 Å². The first-order valence-electron chi connectivity index (χ1n) is 8.56. The van der Waals surface area contributed by atoms with Crippen molar-refractivity contribution < 1.29 is 0 Å². The molecule has 0 amide bonds. The van der Waals surface area contributed by atoms with Crippen molar-refractivity contribution in [3.05, 3.63) is 34.8 Å². The molecule has 0 unspecified atom stereocenters. The van der Waals surface area contributed by atoms with Gasteiger partial charge in [0.25, 0.3) is 0 Å². The minimum atomic E-state index is 0.838. The Morgan fingerprint density at radius 3 is 2.48 bits per heavy atom.